The van der Waals surface area contributed by atoms with Crippen LogP contribution < -0.4 is 5.32 Å². The van der Waals surface area contributed by atoms with Gasteiger partial charge in [0.25, 0.3) is 0 Å². The van der Waals surface area contributed by atoms with Crippen molar-refractivity contribution in [1.29, 1.82) is 0 Å². The molecular formula is C14H15ClF3NO2S. The third-order valence-corrected chi connectivity index (χ3v) is 4.55. The largest absolute Gasteiger partial charge is 0.411 e. The van der Waals surface area contributed by atoms with Gasteiger partial charge in [-0.1, -0.05) is 11.6 Å². The highest BCUT2D eigenvalue weighted by atomic mass is 35.5. The molecular weight excluding hydrogens is 339 g/mol. The number of hydrogen-bond donors (Lipinski definition) is 1. The first kappa shape index (κ1) is 17.4. The van der Waals surface area contributed by atoms with Crippen LogP contribution in [0.15, 0.2) is 23.1 Å². The zero-order valence-corrected chi connectivity index (χ0v) is 13.3. The van der Waals surface area contributed by atoms with E-state index < -0.39 is 24.8 Å². The standard InChI is InChI=1S/C14H15ClF3NO2S/c1-8(21-7-14(16,17)18)13(20)19-11-4-5-22-12-3-2-9(15)6-10(11)12/h2-3,6,8,11H,4-5,7H2,1H3,(H,19,20)/t8-,11-/m1/s1. The van der Waals surface area contributed by atoms with E-state index in [0.29, 0.717) is 11.4 Å². The van der Waals surface area contributed by atoms with Gasteiger partial charge in [0, 0.05) is 15.7 Å². The molecule has 0 radical (unpaired) electrons. The van der Waals surface area contributed by atoms with Gasteiger partial charge >= 0.3 is 6.18 Å². The van der Waals surface area contributed by atoms with Crippen molar-refractivity contribution in [2.75, 3.05) is 12.4 Å². The lowest BCUT2D eigenvalue weighted by molar-refractivity contribution is -0.185. The van der Waals surface area contributed by atoms with E-state index in [1.54, 1.807) is 23.9 Å². The Kier molecular flexibility index (Phi) is 5.63. The van der Waals surface area contributed by atoms with Gasteiger partial charge in [0.2, 0.25) is 5.91 Å². The Labute approximate surface area is 135 Å². The van der Waals surface area contributed by atoms with E-state index in [0.717, 1.165) is 16.2 Å². The summed E-state index contributed by atoms with van der Waals surface area (Å²) >= 11 is 7.63. The number of benzene rings is 1. The van der Waals surface area contributed by atoms with Crippen molar-refractivity contribution in [1.82, 2.24) is 5.32 Å². The molecule has 1 aromatic rings. The van der Waals surface area contributed by atoms with Crippen molar-refractivity contribution in [3.63, 3.8) is 0 Å². The molecule has 0 saturated carbocycles. The van der Waals surface area contributed by atoms with E-state index in [4.69, 9.17) is 11.6 Å². The van der Waals surface area contributed by atoms with Crippen molar-refractivity contribution < 1.29 is 22.7 Å². The minimum atomic E-state index is -4.45. The second kappa shape index (κ2) is 7.10. The molecule has 0 fully saturated rings. The normalized spacial score (nSPS) is 19.4. The fourth-order valence-corrected chi connectivity index (χ4v) is 3.39. The van der Waals surface area contributed by atoms with Crippen molar-refractivity contribution in [2.24, 2.45) is 0 Å². The Morgan fingerprint density at radius 2 is 2.27 bits per heavy atom. The van der Waals surface area contributed by atoms with Gasteiger partial charge in [-0.15, -0.1) is 11.8 Å². The van der Waals surface area contributed by atoms with E-state index in [1.165, 1.54) is 6.92 Å². The second-order valence-corrected chi connectivity index (χ2v) is 6.52. The Balaban J connectivity index is 1.99. The number of rotatable bonds is 4. The zero-order chi connectivity index (χ0) is 16.3. The molecule has 2 rings (SSSR count). The van der Waals surface area contributed by atoms with Gasteiger partial charge in [0.1, 0.15) is 12.7 Å². The highest BCUT2D eigenvalue weighted by molar-refractivity contribution is 7.99. The number of fused-ring (bicyclic) bond motifs is 1. The topological polar surface area (TPSA) is 38.3 Å². The number of nitrogens with one attached hydrogen (secondary N) is 1. The summed E-state index contributed by atoms with van der Waals surface area (Å²) in [6.45, 7) is -0.137. The number of alkyl halides is 3. The minimum Gasteiger partial charge on any atom is -0.359 e. The van der Waals surface area contributed by atoms with Crippen molar-refractivity contribution in [3.8, 4) is 0 Å². The highest BCUT2D eigenvalue weighted by Crippen LogP contribution is 2.37. The maximum absolute atomic E-state index is 12.1. The van der Waals surface area contributed by atoms with Crippen LogP contribution in [0.4, 0.5) is 13.2 Å². The molecule has 1 aromatic carbocycles. The third-order valence-electron chi connectivity index (χ3n) is 3.19. The van der Waals surface area contributed by atoms with Gasteiger partial charge in [0.15, 0.2) is 0 Å². The predicted molar refractivity (Wildman–Crippen MR) is 79.1 cm³/mol. The smallest absolute Gasteiger partial charge is 0.359 e. The Morgan fingerprint density at radius 1 is 1.55 bits per heavy atom. The number of ether oxygens (including phenoxy) is 1. The molecule has 0 unspecified atom stereocenters. The molecule has 1 heterocycles. The van der Waals surface area contributed by atoms with Gasteiger partial charge in [-0.25, -0.2) is 0 Å². The second-order valence-electron chi connectivity index (χ2n) is 4.95. The molecule has 22 heavy (non-hydrogen) atoms. The van der Waals surface area contributed by atoms with Crippen molar-refractivity contribution in [3.05, 3.63) is 28.8 Å². The fourth-order valence-electron chi connectivity index (χ4n) is 2.10. The Hall–Kier alpha value is -0.920. The van der Waals surface area contributed by atoms with Crippen LogP contribution in [0.25, 0.3) is 0 Å². The van der Waals surface area contributed by atoms with Gasteiger partial charge in [-0.3, -0.25) is 4.79 Å². The van der Waals surface area contributed by atoms with Crippen molar-refractivity contribution in [2.45, 2.75) is 36.6 Å². The number of thioether (sulfide) groups is 1. The number of halogens is 4. The summed E-state index contributed by atoms with van der Waals surface area (Å²) in [6, 6.07) is 5.16. The van der Waals surface area contributed by atoms with E-state index >= 15 is 0 Å². The van der Waals surface area contributed by atoms with E-state index in [9.17, 15) is 18.0 Å². The number of hydrogen-bond acceptors (Lipinski definition) is 3. The van der Waals surface area contributed by atoms with E-state index in [2.05, 4.69) is 10.1 Å². The lowest BCUT2D eigenvalue weighted by Crippen LogP contribution is -2.39. The van der Waals surface area contributed by atoms with Gasteiger partial charge < -0.3 is 10.1 Å². The number of carbonyl (C=O) groups excluding carboxylic acids is 1. The molecule has 2 atom stereocenters. The van der Waals surface area contributed by atoms with Crippen LogP contribution in [0.3, 0.4) is 0 Å². The molecule has 8 heteroatoms. The molecule has 0 aromatic heterocycles. The molecule has 0 spiro atoms. The van der Waals surface area contributed by atoms with Crippen molar-refractivity contribution >= 4 is 29.3 Å². The lowest BCUT2D eigenvalue weighted by atomic mass is 10.0. The first-order valence-electron chi connectivity index (χ1n) is 6.67. The molecule has 0 aliphatic carbocycles. The summed E-state index contributed by atoms with van der Waals surface area (Å²) in [5.41, 5.74) is 0.889. The van der Waals surface area contributed by atoms with E-state index in [-0.39, 0.29) is 6.04 Å². The van der Waals surface area contributed by atoms with Crippen LogP contribution in [-0.2, 0) is 9.53 Å². The summed E-state index contributed by atoms with van der Waals surface area (Å²) in [4.78, 5) is 13.0. The first-order valence-corrected chi connectivity index (χ1v) is 8.03. The molecule has 3 nitrogen and oxygen atoms in total. The Morgan fingerprint density at radius 3 is 2.95 bits per heavy atom. The van der Waals surface area contributed by atoms with Crippen LogP contribution >= 0.6 is 23.4 Å². The van der Waals surface area contributed by atoms with Crippen LogP contribution in [0, 0.1) is 0 Å². The molecule has 1 aliphatic rings. The summed E-state index contributed by atoms with van der Waals surface area (Å²) < 4.78 is 40.9. The number of carbonyl (C=O) groups is 1. The molecule has 0 saturated heterocycles. The highest BCUT2D eigenvalue weighted by Gasteiger charge is 2.31. The van der Waals surface area contributed by atoms with Crippen LogP contribution in [0.5, 0.6) is 0 Å². The van der Waals surface area contributed by atoms with Gasteiger partial charge in [-0.2, -0.15) is 13.2 Å². The SMILES string of the molecule is C[C@@H](OCC(F)(F)F)C(=O)N[C@@H]1CCSc2ccc(Cl)cc21. The van der Waals surface area contributed by atoms with Crippen LogP contribution in [0.1, 0.15) is 24.9 Å². The minimum absolute atomic E-state index is 0.264. The first-order chi connectivity index (χ1) is 10.3. The predicted octanol–water partition coefficient (Wildman–Crippen LogP) is 3.96. The molecule has 0 bridgehead atoms. The molecule has 1 amide bonds. The van der Waals surface area contributed by atoms with Crippen LogP contribution in [0.2, 0.25) is 5.02 Å². The van der Waals surface area contributed by atoms with Crippen LogP contribution in [-0.4, -0.2) is 30.5 Å². The summed E-state index contributed by atoms with van der Waals surface area (Å²) in [5, 5.41) is 3.29. The zero-order valence-electron chi connectivity index (χ0n) is 11.7. The lowest BCUT2D eigenvalue weighted by Gasteiger charge is -2.27. The maximum atomic E-state index is 12.1. The molecule has 1 N–H and O–H groups in total. The Bertz CT molecular complexity index is 553. The fraction of sp³-hybridized carbons (Fsp3) is 0.500. The summed E-state index contributed by atoms with van der Waals surface area (Å²) in [7, 11) is 0. The average molecular weight is 354 g/mol. The number of amides is 1. The van der Waals surface area contributed by atoms with Gasteiger partial charge in [-0.05, 0) is 37.1 Å². The van der Waals surface area contributed by atoms with Gasteiger partial charge in [0.05, 0.1) is 6.04 Å². The molecule has 122 valence electrons. The molecule has 1 aliphatic heterocycles. The quantitative estimate of drug-likeness (QED) is 0.890. The monoisotopic (exact) mass is 353 g/mol. The van der Waals surface area contributed by atoms with E-state index in [1.807, 2.05) is 6.07 Å². The summed E-state index contributed by atoms with van der Waals surface area (Å²) in [5.74, 6) is 0.254. The average Bonchev–Trinajstić information content (AvgIpc) is 2.44. The third kappa shape index (κ3) is 4.79. The maximum Gasteiger partial charge on any atom is 0.411 e. The summed E-state index contributed by atoms with van der Waals surface area (Å²) in [6.07, 6.45) is -4.93.